The molecule has 0 amide bonds. The molecule has 6 heteroatoms. The second kappa shape index (κ2) is 7.84. The topological polar surface area (TPSA) is 77.4 Å². The highest BCUT2D eigenvalue weighted by Crippen LogP contribution is 2.37. The summed E-state index contributed by atoms with van der Waals surface area (Å²) >= 11 is 0. The van der Waals surface area contributed by atoms with Gasteiger partial charge in [0.1, 0.15) is 24.4 Å². The Hall–Kier alpha value is -1.80. The summed E-state index contributed by atoms with van der Waals surface area (Å²) in [6, 6.07) is 19.0. The standard InChI is InChI=1S/C20H22O6/c21-11-16-18(26-20(24-16)14-9-5-2-6-10-14)17-15(22)12-23-19(25-17)13-7-3-1-4-8-13/h1-10,15-22H,11-12H2/t15-,16+,17-,18-,19?,20?/m0/s1. The van der Waals surface area contributed by atoms with Gasteiger partial charge in [0.05, 0.1) is 13.2 Å². The van der Waals surface area contributed by atoms with Crippen molar-refractivity contribution in [2.24, 2.45) is 0 Å². The van der Waals surface area contributed by atoms with Gasteiger partial charge in [-0.3, -0.25) is 0 Å². The molecule has 2 unspecified atom stereocenters. The first kappa shape index (κ1) is 17.6. The van der Waals surface area contributed by atoms with Gasteiger partial charge in [-0.15, -0.1) is 0 Å². The molecule has 2 fully saturated rings. The van der Waals surface area contributed by atoms with E-state index in [1.807, 2.05) is 60.7 Å². The third-order valence-corrected chi connectivity index (χ3v) is 4.67. The molecule has 0 spiro atoms. The molecule has 2 saturated heterocycles. The number of aliphatic hydroxyl groups is 2. The van der Waals surface area contributed by atoms with Crippen molar-refractivity contribution in [1.82, 2.24) is 0 Å². The first-order valence-corrected chi connectivity index (χ1v) is 8.73. The highest BCUT2D eigenvalue weighted by Gasteiger charge is 2.47. The minimum atomic E-state index is -0.868. The number of rotatable bonds is 4. The molecule has 6 nitrogen and oxygen atoms in total. The second-order valence-electron chi connectivity index (χ2n) is 6.44. The van der Waals surface area contributed by atoms with Gasteiger partial charge in [0.25, 0.3) is 0 Å². The predicted molar refractivity (Wildman–Crippen MR) is 92.0 cm³/mol. The molecule has 4 rings (SSSR count). The number of aliphatic hydroxyl groups excluding tert-OH is 2. The van der Waals surface area contributed by atoms with Gasteiger partial charge in [-0.2, -0.15) is 0 Å². The van der Waals surface area contributed by atoms with Crippen molar-refractivity contribution in [3.8, 4) is 0 Å². The molecule has 0 aliphatic carbocycles. The zero-order valence-corrected chi connectivity index (χ0v) is 14.2. The van der Waals surface area contributed by atoms with Gasteiger partial charge in [0.2, 0.25) is 0 Å². The van der Waals surface area contributed by atoms with Crippen molar-refractivity contribution in [3.63, 3.8) is 0 Å². The van der Waals surface area contributed by atoms with Gasteiger partial charge >= 0.3 is 0 Å². The maximum Gasteiger partial charge on any atom is 0.184 e. The van der Waals surface area contributed by atoms with Crippen LogP contribution in [0.25, 0.3) is 0 Å². The van der Waals surface area contributed by atoms with Crippen LogP contribution in [0.4, 0.5) is 0 Å². The van der Waals surface area contributed by atoms with Crippen LogP contribution in [0.15, 0.2) is 60.7 Å². The molecule has 0 bridgehead atoms. The number of hydrogen-bond acceptors (Lipinski definition) is 6. The highest BCUT2D eigenvalue weighted by atomic mass is 16.8. The van der Waals surface area contributed by atoms with Crippen LogP contribution >= 0.6 is 0 Å². The zero-order chi connectivity index (χ0) is 17.9. The van der Waals surface area contributed by atoms with E-state index >= 15 is 0 Å². The van der Waals surface area contributed by atoms with Crippen molar-refractivity contribution in [3.05, 3.63) is 71.8 Å². The Kier molecular flexibility index (Phi) is 5.31. The quantitative estimate of drug-likeness (QED) is 0.870. The molecule has 2 N–H and O–H groups in total. The molecule has 2 aliphatic rings. The van der Waals surface area contributed by atoms with Crippen LogP contribution in [0.3, 0.4) is 0 Å². The van der Waals surface area contributed by atoms with Crippen LogP contribution in [0.2, 0.25) is 0 Å². The van der Waals surface area contributed by atoms with Crippen molar-refractivity contribution >= 4 is 0 Å². The van der Waals surface area contributed by atoms with E-state index in [2.05, 4.69) is 0 Å². The van der Waals surface area contributed by atoms with Gasteiger partial charge in [-0.05, 0) is 0 Å². The number of hydrogen-bond donors (Lipinski definition) is 2. The summed E-state index contributed by atoms with van der Waals surface area (Å²) < 4.78 is 23.5. The summed E-state index contributed by atoms with van der Waals surface area (Å²) in [5.41, 5.74) is 1.72. The van der Waals surface area contributed by atoms with Crippen LogP contribution in [-0.2, 0) is 18.9 Å². The minimum Gasteiger partial charge on any atom is -0.394 e. The summed E-state index contributed by atoms with van der Waals surface area (Å²) in [7, 11) is 0. The lowest BCUT2D eigenvalue weighted by atomic mass is 10.0. The Morgan fingerprint density at radius 2 is 1.35 bits per heavy atom. The molecule has 2 aromatic rings. The third-order valence-electron chi connectivity index (χ3n) is 4.67. The van der Waals surface area contributed by atoms with Crippen molar-refractivity contribution in [2.75, 3.05) is 13.2 Å². The summed E-state index contributed by atoms with van der Waals surface area (Å²) in [5, 5.41) is 20.1. The molecule has 6 atom stereocenters. The fourth-order valence-corrected chi connectivity index (χ4v) is 3.34. The molecular weight excluding hydrogens is 336 g/mol. The van der Waals surface area contributed by atoms with Gasteiger partial charge in [0.15, 0.2) is 12.6 Å². The van der Waals surface area contributed by atoms with E-state index in [4.69, 9.17) is 18.9 Å². The van der Waals surface area contributed by atoms with Crippen LogP contribution < -0.4 is 0 Å². The van der Waals surface area contributed by atoms with Crippen LogP contribution in [0.1, 0.15) is 23.7 Å². The number of benzene rings is 2. The normalized spacial score (nSPS) is 34.7. The molecule has 2 aliphatic heterocycles. The minimum absolute atomic E-state index is 0.123. The Morgan fingerprint density at radius 1 is 0.769 bits per heavy atom. The summed E-state index contributed by atoms with van der Waals surface area (Å²) in [4.78, 5) is 0. The lowest BCUT2D eigenvalue weighted by Gasteiger charge is -2.37. The molecular formula is C20H22O6. The molecule has 26 heavy (non-hydrogen) atoms. The average Bonchev–Trinajstić information content (AvgIpc) is 3.14. The van der Waals surface area contributed by atoms with Crippen LogP contribution in [-0.4, -0.2) is 47.8 Å². The third kappa shape index (κ3) is 3.53. The molecule has 2 aromatic carbocycles. The summed E-state index contributed by atoms with van der Waals surface area (Å²) in [6.07, 6.45) is -3.92. The maximum absolute atomic E-state index is 10.4. The highest BCUT2D eigenvalue weighted by molar-refractivity contribution is 5.18. The fraction of sp³-hybridized carbons (Fsp3) is 0.400. The predicted octanol–water partition coefficient (Wildman–Crippen LogP) is 1.94. The summed E-state index contributed by atoms with van der Waals surface area (Å²) in [5.74, 6) is 0. The lowest BCUT2D eigenvalue weighted by molar-refractivity contribution is -0.279. The largest absolute Gasteiger partial charge is 0.394 e. The van der Waals surface area contributed by atoms with E-state index in [9.17, 15) is 10.2 Å². The lowest BCUT2D eigenvalue weighted by Crippen LogP contribution is -2.51. The van der Waals surface area contributed by atoms with E-state index in [1.165, 1.54) is 0 Å². The summed E-state index contributed by atoms with van der Waals surface area (Å²) in [6.45, 7) is -0.102. The maximum atomic E-state index is 10.4. The molecule has 0 radical (unpaired) electrons. The van der Waals surface area contributed by atoms with E-state index in [-0.39, 0.29) is 13.2 Å². The smallest absolute Gasteiger partial charge is 0.184 e. The van der Waals surface area contributed by atoms with Gasteiger partial charge in [-0.1, -0.05) is 60.7 Å². The van der Waals surface area contributed by atoms with E-state index in [0.29, 0.717) is 0 Å². The number of ether oxygens (including phenoxy) is 4. The Balaban J connectivity index is 1.52. The van der Waals surface area contributed by atoms with Crippen molar-refractivity contribution in [2.45, 2.75) is 37.0 Å². The van der Waals surface area contributed by atoms with Crippen molar-refractivity contribution in [1.29, 1.82) is 0 Å². The van der Waals surface area contributed by atoms with Crippen LogP contribution in [0.5, 0.6) is 0 Å². The van der Waals surface area contributed by atoms with E-state index in [1.54, 1.807) is 0 Å². The van der Waals surface area contributed by atoms with E-state index in [0.717, 1.165) is 11.1 Å². The van der Waals surface area contributed by atoms with Gasteiger partial charge < -0.3 is 29.2 Å². The Bertz CT molecular complexity index is 656. The molecule has 2 heterocycles. The Morgan fingerprint density at radius 3 is 1.96 bits per heavy atom. The van der Waals surface area contributed by atoms with E-state index < -0.39 is 37.0 Å². The monoisotopic (exact) mass is 358 g/mol. The first-order chi connectivity index (χ1) is 12.8. The van der Waals surface area contributed by atoms with Crippen LogP contribution in [0, 0.1) is 0 Å². The van der Waals surface area contributed by atoms with Gasteiger partial charge in [0, 0.05) is 11.1 Å². The van der Waals surface area contributed by atoms with Gasteiger partial charge in [-0.25, -0.2) is 0 Å². The second-order valence-corrected chi connectivity index (χ2v) is 6.44. The molecule has 0 aromatic heterocycles. The molecule has 138 valence electrons. The van der Waals surface area contributed by atoms with Crippen molar-refractivity contribution < 1.29 is 29.2 Å². The zero-order valence-electron chi connectivity index (χ0n) is 14.2. The first-order valence-electron chi connectivity index (χ1n) is 8.73. The molecule has 0 saturated carbocycles. The fourth-order valence-electron chi connectivity index (χ4n) is 3.34. The Labute approximate surface area is 151 Å². The SMILES string of the molecule is OC[C@H]1OC(c2ccccc2)O[C@@H]1[C@H]1OC(c2ccccc2)OC[C@@H]1O. The average molecular weight is 358 g/mol.